The molecule has 0 atom stereocenters. The molecule has 0 aromatic heterocycles. The molecule has 30 heavy (non-hydrogen) atoms. The zero-order valence-corrected chi connectivity index (χ0v) is 18.4. The van der Waals surface area contributed by atoms with Crippen LogP contribution >= 0.6 is 23.2 Å². The fraction of sp³-hybridized carbons (Fsp3) is 0.208. The van der Waals surface area contributed by atoms with Gasteiger partial charge < -0.3 is 9.80 Å². The average molecular weight is 445 g/mol. The van der Waals surface area contributed by atoms with Gasteiger partial charge >= 0.3 is 0 Å². The number of nitrogens with zero attached hydrogens (tertiary/aromatic N) is 2. The van der Waals surface area contributed by atoms with Crippen LogP contribution in [0.25, 0.3) is 0 Å². The van der Waals surface area contributed by atoms with Crippen molar-refractivity contribution in [2.45, 2.75) is 13.0 Å². The van der Waals surface area contributed by atoms with Crippen LogP contribution in [0.4, 0.5) is 10.1 Å². The summed E-state index contributed by atoms with van der Waals surface area (Å²) in [4.78, 5) is 16.8. The van der Waals surface area contributed by atoms with E-state index in [1.807, 2.05) is 49.3 Å². The van der Waals surface area contributed by atoms with Crippen molar-refractivity contribution in [1.29, 1.82) is 0 Å². The number of hydrogen-bond donors (Lipinski definition) is 0. The molecule has 0 spiro atoms. The Kier molecular flexibility index (Phi) is 7.35. The summed E-state index contributed by atoms with van der Waals surface area (Å²) in [6, 6.07) is 19.3. The van der Waals surface area contributed by atoms with Crippen LogP contribution < -0.4 is 4.90 Å². The van der Waals surface area contributed by atoms with E-state index in [0.29, 0.717) is 29.6 Å². The van der Waals surface area contributed by atoms with Gasteiger partial charge in [-0.15, -0.1) is 0 Å². The van der Waals surface area contributed by atoms with Gasteiger partial charge in [0.25, 0.3) is 5.91 Å². The number of carbonyl (C=O) groups excluding carboxylic acids is 1. The predicted octanol–water partition coefficient (Wildman–Crippen LogP) is 6.08. The second-order valence-electron chi connectivity index (χ2n) is 7.25. The maximum Gasteiger partial charge on any atom is 0.257 e. The first-order valence-corrected chi connectivity index (χ1v) is 10.3. The number of halogens is 3. The van der Waals surface area contributed by atoms with Crippen molar-refractivity contribution in [2.75, 3.05) is 25.5 Å². The van der Waals surface area contributed by atoms with Gasteiger partial charge in [-0.1, -0.05) is 53.5 Å². The van der Waals surface area contributed by atoms with Crippen LogP contribution in [0.15, 0.2) is 66.7 Å². The number of anilines is 1. The molecule has 0 unspecified atom stereocenters. The van der Waals surface area contributed by atoms with E-state index >= 15 is 0 Å². The maximum absolute atomic E-state index is 14.3. The molecule has 0 fully saturated rings. The molecule has 0 heterocycles. The van der Waals surface area contributed by atoms with Crippen molar-refractivity contribution in [3.8, 4) is 0 Å². The molecule has 156 valence electrons. The Morgan fingerprint density at radius 3 is 2.30 bits per heavy atom. The Morgan fingerprint density at radius 1 is 0.967 bits per heavy atom. The zero-order valence-electron chi connectivity index (χ0n) is 16.9. The number of amides is 1. The number of rotatable bonds is 7. The summed E-state index contributed by atoms with van der Waals surface area (Å²) < 4.78 is 14.3. The molecule has 0 aliphatic rings. The first kappa shape index (κ1) is 22.1. The monoisotopic (exact) mass is 444 g/mol. The molecule has 0 radical (unpaired) electrons. The molecule has 6 heteroatoms. The van der Waals surface area contributed by atoms with Crippen LogP contribution in [0.3, 0.4) is 0 Å². The second-order valence-corrected chi connectivity index (χ2v) is 8.10. The Morgan fingerprint density at radius 2 is 1.67 bits per heavy atom. The van der Waals surface area contributed by atoms with Crippen molar-refractivity contribution >= 4 is 34.8 Å². The summed E-state index contributed by atoms with van der Waals surface area (Å²) in [6.45, 7) is 0.760. The first-order chi connectivity index (χ1) is 14.3. The molecule has 0 saturated heterocycles. The molecule has 3 aromatic rings. The van der Waals surface area contributed by atoms with E-state index in [0.717, 1.165) is 16.8 Å². The molecule has 0 N–H and O–H groups in total. The minimum Gasteiger partial charge on any atom is -0.378 e. The fourth-order valence-corrected chi connectivity index (χ4v) is 3.66. The van der Waals surface area contributed by atoms with E-state index in [1.165, 1.54) is 12.1 Å². The highest BCUT2D eigenvalue weighted by Gasteiger charge is 2.20. The lowest BCUT2D eigenvalue weighted by atomic mass is 10.1. The average Bonchev–Trinajstić information content (AvgIpc) is 2.72. The Hall–Kier alpha value is -2.56. The minimum absolute atomic E-state index is 0.0598. The summed E-state index contributed by atoms with van der Waals surface area (Å²) in [5, 5.41) is 1.11. The molecule has 3 rings (SSSR count). The van der Waals surface area contributed by atoms with Gasteiger partial charge in [0, 0.05) is 42.9 Å². The molecule has 0 bridgehead atoms. The number of hydrogen-bond acceptors (Lipinski definition) is 2. The highest BCUT2D eigenvalue weighted by Crippen LogP contribution is 2.23. The first-order valence-electron chi connectivity index (χ1n) is 9.59. The molecule has 0 aliphatic heterocycles. The van der Waals surface area contributed by atoms with Gasteiger partial charge in [0.1, 0.15) is 5.82 Å². The van der Waals surface area contributed by atoms with Gasteiger partial charge in [0.05, 0.1) is 5.56 Å². The molecule has 3 nitrogen and oxygen atoms in total. The normalized spacial score (nSPS) is 10.7. The van der Waals surface area contributed by atoms with Crippen LogP contribution in [0.2, 0.25) is 10.0 Å². The topological polar surface area (TPSA) is 23.6 Å². The third-order valence-electron chi connectivity index (χ3n) is 4.88. The summed E-state index contributed by atoms with van der Waals surface area (Å²) in [5.74, 6) is -0.880. The number of benzene rings is 3. The van der Waals surface area contributed by atoms with Crippen LogP contribution in [-0.2, 0) is 13.0 Å². The van der Waals surface area contributed by atoms with Gasteiger partial charge in [0.15, 0.2) is 0 Å². The standard InChI is InChI=1S/C24H23Cl2FN2O/c1-28(2)20-11-7-17(8-12-20)16-29(24(30)21-5-3-4-6-23(21)27)14-13-18-9-10-19(25)15-22(18)26/h3-12,15H,13-14,16H2,1-2H3. The lowest BCUT2D eigenvalue weighted by Crippen LogP contribution is -2.33. The number of carbonyl (C=O) groups is 1. The Bertz CT molecular complexity index is 1020. The summed E-state index contributed by atoms with van der Waals surface area (Å²) >= 11 is 12.3. The fourth-order valence-electron chi connectivity index (χ4n) is 3.16. The largest absolute Gasteiger partial charge is 0.378 e. The lowest BCUT2D eigenvalue weighted by Gasteiger charge is -2.24. The van der Waals surface area contributed by atoms with Crippen LogP contribution in [-0.4, -0.2) is 31.4 Å². The minimum atomic E-state index is -0.528. The van der Waals surface area contributed by atoms with E-state index in [2.05, 4.69) is 0 Å². The lowest BCUT2D eigenvalue weighted by molar-refractivity contribution is 0.0740. The van der Waals surface area contributed by atoms with Gasteiger partial charge in [-0.25, -0.2) is 4.39 Å². The van der Waals surface area contributed by atoms with Crippen LogP contribution in [0.5, 0.6) is 0 Å². The predicted molar refractivity (Wildman–Crippen MR) is 122 cm³/mol. The van der Waals surface area contributed by atoms with E-state index in [-0.39, 0.29) is 11.5 Å². The molecule has 3 aromatic carbocycles. The second kappa shape index (κ2) is 9.96. The van der Waals surface area contributed by atoms with Gasteiger partial charge in [0.2, 0.25) is 0 Å². The summed E-state index contributed by atoms with van der Waals surface area (Å²) in [6.07, 6.45) is 0.534. The summed E-state index contributed by atoms with van der Waals surface area (Å²) in [5.41, 5.74) is 2.98. The van der Waals surface area contributed by atoms with Crippen LogP contribution in [0, 0.1) is 5.82 Å². The van der Waals surface area contributed by atoms with Crippen molar-refractivity contribution in [3.05, 3.63) is 99.3 Å². The van der Waals surface area contributed by atoms with Gasteiger partial charge in [-0.3, -0.25) is 4.79 Å². The quantitative estimate of drug-likeness (QED) is 0.440. The van der Waals surface area contributed by atoms with E-state index in [4.69, 9.17) is 23.2 Å². The van der Waals surface area contributed by atoms with Crippen molar-refractivity contribution in [2.24, 2.45) is 0 Å². The maximum atomic E-state index is 14.3. The van der Waals surface area contributed by atoms with Crippen molar-refractivity contribution in [3.63, 3.8) is 0 Å². The molecule has 1 amide bonds. The highest BCUT2D eigenvalue weighted by molar-refractivity contribution is 6.35. The third-order valence-corrected chi connectivity index (χ3v) is 5.47. The van der Waals surface area contributed by atoms with Crippen molar-refractivity contribution < 1.29 is 9.18 Å². The molecular formula is C24H23Cl2FN2O. The smallest absolute Gasteiger partial charge is 0.257 e. The van der Waals surface area contributed by atoms with Gasteiger partial charge in [-0.2, -0.15) is 0 Å². The van der Waals surface area contributed by atoms with E-state index < -0.39 is 5.82 Å². The molecular weight excluding hydrogens is 422 g/mol. The van der Waals surface area contributed by atoms with E-state index in [9.17, 15) is 9.18 Å². The third kappa shape index (κ3) is 5.53. The summed E-state index contributed by atoms with van der Waals surface area (Å²) in [7, 11) is 3.94. The van der Waals surface area contributed by atoms with Crippen molar-refractivity contribution in [1.82, 2.24) is 4.90 Å². The Balaban J connectivity index is 1.83. The Labute approximate surface area is 186 Å². The van der Waals surface area contributed by atoms with Crippen LogP contribution in [0.1, 0.15) is 21.5 Å². The zero-order chi connectivity index (χ0) is 21.7. The molecule has 0 saturated carbocycles. The SMILES string of the molecule is CN(C)c1ccc(CN(CCc2ccc(Cl)cc2Cl)C(=O)c2ccccc2F)cc1. The molecule has 0 aliphatic carbocycles. The highest BCUT2D eigenvalue weighted by atomic mass is 35.5. The van der Waals surface area contributed by atoms with E-state index in [1.54, 1.807) is 29.2 Å². The van der Waals surface area contributed by atoms with Gasteiger partial charge in [-0.05, 0) is 53.9 Å².